The second-order valence-electron chi connectivity index (χ2n) is 5.73. The molecule has 2 heterocycles. The summed E-state index contributed by atoms with van der Waals surface area (Å²) in [6, 6.07) is 5.92. The van der Waals surface area contributed by atoms with E-state index in [1.165, 1.54) is 24.4 Å². The third-order valence-electron chi connectivity index (χ3n) is 3.74. The summed E-state index contributed by atoms with van der Waals surface area (Å²) in [6.07, 6.45) is 1.39. The third kappa shape index (κ3) is 4.94. The van der Waals surface area contributed by atoms with Crippen LogP contribution in [0, 0.1) is 0 Å². The van der Waals surface area contributed by atoms with Crippen molar-refractivity contribution in [1.82, 2.24) is 4.98 Å². The number of hydrogen-bond acceptors (Lipinski definition) is 5. The average Bonchev–Trinajstić information content (AvgIpc) is 3.06. The van der Waals surface area contributed by atoms with Crippen molar-refractivity contribution >= 4 is 86.7 Å². The Morgan fingerprint density at radius 2 is 1.83 bits per heavy atom. The van der Waals surface area contributed by atoms with Gasteiger partial charge < -0.3 is 16.4 Å². The zero-order chi connectivity index (χ0) is 21.1. The van der Waals surface area contributed by atoms with E-state index in [2.05, 4.69) is 15.6 Å². The number of amides is 2. The quantitative estimate of drug-likeness (QED) is 0.305. The number of carbonyl (C=O) groups excluding carboxylic acids is 2. The Balaban J connectivity index is 1.92. The van der Waals surface area contributed by atoms with Gasteiger partial charge in [-0.1, -0.05) is 34.8 Å². The molecule has 2 aromatic heterocycles. The highest BCUT2D eigenvalue weighted by atomic mass is 35.5. The number of aromatic nitrogens is 1. The summed E-state index contributed by atoms with van der Waals surface area (Å²) >= 11 is 25.0. The van der Waals surface area contributed by atoms with Crippen LogP contribution in [-0.2, 0) is 5.88 Å². The molecule has 0 aliphatic carbocycles. The minimum atomic E-state index is -0.567. The molecule has 29 heavy (non-hydrogen) atoms. The predicted molar refractivity (Wildman–Crippen MR) is 120 cm³/mol. The number of nitrogen functional groups attached to an aromatic ring is 1. The molecule has 0 saturated carbocycles. The molecule has 0 atom stereocenters. The van der Waals surface area contributed by atoms with Gasteiger partial charge in [0.15, 0.2) is 0 Å². The van der Waals surface area contributed by atoms with E-state index < -0.39 is 11.8 Å². The molecule has 2 amide bonds. The maximum absolute atomic E-state index is 12.8. The van der Waals surface area contributed by atoms with Gasteiger partial charge in [-0.2, -0.15) is 0 Å². The third-order valence-corrected chi connectivity index (χ3v) is 6.04. The summed E-state index contributed by atoms with van der Waals surface area (Å²) in [5.41, 5.74) is 6.92. The van der Waals surface area contributed by atoms with Crippen molar-refractivity contribution in [2.45, 2.75) is 5.88 Å². The first-order chi connectivity index (χ1) is 13.8. The van der Waals surface area contributed by atoms with Gasteiger partial charge in [-0.3, -0.25) is 9.59 Å². The highest BCUT2D eigenvalue weighted by Crippen LogP contribution is 2.33. The second-order valence-corrected chi connectivity index (χ2v) is 8.12. The number of halogens is 4. The van der Waals surface area contributed by atoms with Crippen molar-refractivity contribution in [1.29, 1.82) is 0 Å². The molecule has 6 nitrogen and oxygen atoms in total. The number of nitrogens with two attached hydrogens (primary N) is 1. The first-order valence-corrected chi connectivity index (χ1v) is 10.5. The normalized spacial score (nSPS) is 10.6. The lowest BCUT2D eigenvalue weighted by atomic mass is 10.1. The molecule has 3 aromatic rings. The van der Waals surface area contributed by atoms with Gasteiger partial charge in [0.25, 0.3) is 11.8 Å². The lowest BCUT2D eigenvalue weighted by Gasteiger charge is -2.14. The first-order valence-electron chi connectivity index (χ1n) is 7.95. The molecule has 3 rings (SSSR count). The van der Waals surface area contributed by atoms with Crippen LogP contribution in [0.15, 0.2) is 35.8 Å². The van der Waals surface area contributed by atoms with Crippen molar-refractivity contribution in [3.05, 3.63) is 66.9 Å². The maximum atomic E-state index is 12.8. The smallest absolute Gasteiger partial charge is 0.267 e. The fraction of sp³-hybridized carbons (Fsp3) is 0.0556. The summed E-state index contributed by atoms with van der Waals surface area (Å²) in [7, 11) is 0. The number of thiophene rings is 1. The second kappa shape index (κ2) is 9.19. The van der Waals surface area contributed by atoms with Gasteiger partial charge in [0.2, 0.25) is 0 Å². The summed E-state index contributed by atoms with van der Waals surface area (Å²) < 4.78 is 0. The van der Waals surface area contributed by atoms with E-state index in [9.17, 15) is 9.59 Å². The summed E-state index contributed by atoms with van der Waals surface area (Å²) in [5, 5.41) is 7.84. The number of hydrogen-bond donors (Lipinski definition) is 3. The van der Waals surface area contributed by atoms with Gasteiger partial charge in [-0.05, 0) is 35.2 Å². The largest absolute Gasteiger partial charge is 0.397 e. The van der Waals surface area contributed by atoms with Crippen molar-refractivity contribution in [2.24, 2.45) is 0 Å². The van der Waals surface area contributed by atoms with Crippen LogP contribution >= 0.6 is 57.7 Å². The molecule has 0 aliphatic rings. The van der Waals surface area contributed by atoms with Crippen molar-refractivity contribution in [3.8, 4) is 0 Å². The van der Waals surface area contributed by atoms with E-state index in [4.69, 9.17) is 52.1 Å². The Hall–Kier alpha value is -2.03. The van der Waals surface area contributed by atoms with Gasteiger partial charge >= 0.3 is 0 Å². The van der Waals surface area contributed by atoms with E-state index in [0.717, 1.165) is 11.3 Å². The average molecular weight is 490 g/mol. The molecule has 0 radical (unpaired) electrons. The van der Waals surface area contributed by atoms with Crippen LogP contribution in [0.2, 0.25) is 15.1 Å². The molecular weight excluding hydrogens is 478 g/mol. The van der Waals surface area contributed by atoms with Gasteiger partial charge in [-0.15, -0.1) is 22.9 Å². The van der Waals surface area contributed by atoms with Crippen LogP contribution in [0.25, 0.3) is 0 Å². The molecule has 0 spiro atoms. The molecule has 0 fully saturated rings. The number of alkyl halides is 1. The number of benzene rings is 1. The zero-order valence-electron chi connectivity index (χ0n) is 14.4. The van der Waals surface area contributed by atoms with Crippen LogP contribution in [0.3, 0.4) is 0 Å². The maximum Gasteiger partial charge on any atom is 0.267 e. The number of nitrogens with one attached hydrogen (secondary N) is 2. The lowest BCUT2D eigenvalue weighted by molar-refractivity contribution is 0.102. The lowest BCUT2D eigenvalue weighted by Crippen LogP contribution is -2.19. The SMILES string of the molecule is Nc1cc(Cl)cc(C(=O)Nc2ccc(Cl)cn2)c1NC(=O)c1scc(CCl)c1Cl. The van der Waals surface area contributed by atoms with E-state index in [1.807, 2.05) is 0 Å². The molecule has 0 saturated heterocycles. The van der Waals surface area contributed by atoms with Crippen LogP contribution in [0.4, 0.5) is 17.2 Å². The Morgan fingerprint density at radius 3 is 2.45 bits per heavy atom. The zero-order valence-corrected chi connectivity index (χ0v) is 18.3. The molecule has 0 aliphatic heterocycles. The van der Waals surface area contributed by atoms with Gasteiger partial charge in [0.1, 0.15) is 10.7 Å². The van der Waals surface area contributed by atoms with Crippen molar-refractivity contribution in [2.75, 3.05) is 16.4 Å². The number of anilines is 3. The Labute approximate surface area is 189 Å². The van der Waals surface area contributed by atoms with Crippen LogP contribution in [-0.4, -0.2) is 16.8 Å². The number of pyridine rings is 1. The Kier molecular flexibility index (Phi) is 6.87. The Morgan fingerprint density at radius 1 is 1.07 bits per heavy atom. The minimum absolute atomic E-state index is 0.0605. The van der Waals surface area contributed by atoms with Gasteiger partial charge in [0.05, 0.1) is 27.0 Å². The van der Waals surface area contributed by atoms with E-state index in [0.29, 0.717) is 10.6 Å². The fourth-order valence-corrected chi connectivity index (χ4v) is 4.34. The van der Waals surface area contributed by atoms with Crippen LogP contribution < -0.4 is 16.4 Å². The van der Waals surface area contributed by atoms with Crippen LogP contribution in [0.1, 0.15) is 25.6 Å². The fourth-order valence-electron chi connectivity index (χ4n) is 2.37. The van der Waals surface area contributed by atoms with Crippen molar-refractivity contribution < 1.29 is 9.59 Å². The van der Waals surface area contributed by atoms with E-state index in [1.54, 1.807) is 11.4 Å². The number of rotatable bonds is 5. The molecule has 0 bridgehead atoms. The molecule has 1 aromatic carbocycles. The minimum Gasteiger partial charge on any atom is -0.397 e. The number of carbonyl (C=O) groups is 2. The highest BCUT2D eigenvalue weighted by molar-refractivity contribution is 7.13. The molecule has 150 valence electrons. The molecule has 11 heteroatoms. The monoisotopic (exact) mass is 488 g/mol. The predicted octanol–water partition coefficient (Wildman–Crippen LogP) is 5.93. The molecule has 4 N–H and O–H groups in total. The van der Waals surface area contributed by atoms with Crippen LogP contribution in [0.5, 0.6) is 0 Å². The highest BCUT2D eigenvalue weighted by Gasteiger charge is 2.22. The topological polar surface area (TPSA) is 97.1 Å². The summed E-state index contributed by atoms with van der Waals surface area (Å²) in [6.45, 7) is 0. The number of nitrogens with zero attached hydrogens (tertiary/aromatic N) is 1. The standard InChI is InChI=1S/C18H12Cl4N4O2S/c19-5-8-7-29-16(14(8)22)18(28)26-15-11(3-10(21)4-12(15)23)17(27)25-13-2-1-9(20)6-24-13/h1-4,6-7H,5,23H2,(H,26,28)(H,24,25,27). The van der Waals surface area contributed by atoms with Gasteiger partial charge in [-0.25, -0.2) is 4.98 Å². The molecule has 0 unspecified atom stereocenters. The molecular formula is C18H12Cl4N4O2S. The van der Waals surface area contributed by atoms with E-state index in [-0.39, 0.29) is 43.6 Å². The van der Waals surface area contributed by atoms with E-state index >= 15 is 0 Å². The summed E-state index contributed by atoms with van der Waals surface area (Å²) in [4.78, 5) is 29.7. The van der Waals surface area contributed by atoms with Crippen molar-refractivity contribution in [3.63, 3.8) is 0 Å². The van der Waals surface area contributed by atoms with Gasteiger partial charge in [0, 0.05) is 17.1 Å². The first kappa shape index (κ1) is 21.7. The summed E-state index contributed by atoms with van der Waals surface area (Å²) in [5.74, 6) is -0.650. The Bertz CT molecular complexity index is 1090.